The van der Waals surface area contributed by atoms with Gasteiger partial charge >= 0.3 is 0 Å². The lowest BCUT2D eigenvalue weighted by atomic mass is 10.0. The molecule has 122 valence electrons. The zero-order valence-electron chi connectivity index (χ0n) is 13.3. The molecule has 6 heteroatoms. The summed E-state index contributed by atoms with van der Waals surface area (Å²) in [6.45, 7) is 1.90. The molecule has 0 aliphatic heterocycles. The molecule has 1 heterocycles. The van der Waals surface area contributed by atoms with E-state index in [0.717, 1.165) is 24.1 Å². The van der Waals surface area contributed by atoms with Gasteiger partial charge in [-0.15, -0.1) is 0 Å². The van der Waals surface area contributed by atoms with Crippen LogP contribution in [0.1, 0.15) is 53.3 Å². The summed E-state index contributed by atoms with van der Waals surface area (Å²) in [7, 11) is 1.78. The van der Waals surface area contributed by atoms with Gasteiger partial charge < -0.3 is 10.4 Å². The number of phenols is 1. The number of amides is 1. The Kier molecular flexibility index (Phi) is 4.43. The molecule has 3 rings (SSSR count). The number of aromatic nitrogens is 2. The van der Waals surface area contributed by atoms with Gasteiger partial charge in [-0.25, -0.2) is 0 Å². The van der Waals surface area contributed by atoms with Gasteiger partial charge in [0, 0.05) is 13.0 Å². The van der Waals surface area contributed by atoms with Gasteiger partial charge in [-0.1, -0.05) is 12.8 Å². The largest absolute Gasteiger partial charge is 0.505 e. The van der Waals surface area contributed by atoms with E-state index in [0.29, 0.717) is 21.8 Å². The van der Waals surface area contributed by atoms with Gasteiger partial charge in [0.05, 0.1) is 15.9 Å². The average Bonchev–Trinajstić information content (AvgIpc) is 3.13. The van der Waals surface area contributed by atoms with Gasteiger partial charge in [-0.3, -0.25) is 9.48 Å². The van der Waals surface area contributed by atoms with Crippen molar-refractivity contribution < 1.29 is 9.90 Å². The van der Waals surface area contributed by atoms with Crippen LogP contribution in [0, 0.1) is 6.92 Å². The topological polar surface area (TPSA) is 67.2 Å². The zero-order valence-corrected chi connectivity index (χ0v) is 14.9. The van der Waals surface area contributed by atoms with E-state index in [1.165, 1.54) is 12.8 Å². The number of aryl methyl sites for hydroxylation is 2. The molecule has 1 fully saturated rings. The number of carbonyl (C=O) groups excluding carboxylic acids is 1. The van der Waals surface area contributed by atoms with Crippen molar-refractivity contribution in [3.63, 3.8) is 0 Å². The molecular formula is C17H20BrN3O2. The minimum Gasteiger partial charge on any atom is -0.505 e. The number of halogens is 1. The summed E-state index contributed by atoms with van der Waals surface area (Å²) in [6, 6.07) is 5.41. The van der Waals surface area contributed by atoms with Crippen LogP contribution < -0.4 is 5.32 Å². The van der Waals surface area contributed by atoms with E-state index in [9.17, 15) is 9.90 Å². The molecule has 0 radical (unpaired) electrons. The second-order valence-electron chi connectivity index (χ2n) is 6.16. The summed E-state index contributed by atoms with van der Waals surface area (Å²) in [4.78, 5) is 12.5. The van der Waals surface area contributed by atoms with Crippen LogP contribution in [0.2, 0.25) is 0 Å². The Balaban J connectivity index is 1.84. The number of aromatic hydroxyl groups is 1. The first-order chi connectivity index (χ1) is 11.0. The van der Waals surface area contributed by atoms with Crippen LogP contribution in [-0.4, -0.2) is 20.8 Å². The fourth-order valence-corrected chi connectivity index (χ4v) is 3.71. The normalized spacial score (nSPS) is 15.1. The molecule has 2 N–H and O–H groups in total. The number of hydrogen-bond donors (Lipinski definition) is 2. The number of phenolic OH excluding ortho intramolecular Hbond substituents is 1. The van der Waals surface area contributed by atoms with Crippen molar-refractivity contribution in [3.05, 3.63) is 39.6 Å². The lowest BCUT2D eigenvalue weighted by molar-refractivity contribution is 0.101. The van der Waals surface area contributed by atoms with E-state index < -0.39 is 0 Å². The highest BCUT2D eigenvalue weighted by Crippen LogP contribution is 2.35. The van der Waals surface area contributed by atoms with Crippen LogP contribution in [0.5, 0.6) is 5.75 Å². The number of benzene rings is 1. The second-order valence-corrected chi connectivity index (χ2v) is 7.01. The molecule has 1 aliphatic carbocycles. The molecule has 1 amide bonds. The molecule has 23 heavy (non-hydrogen) atoms. The summed E-state index contributed by atoms with van der Waals surface area (Å²) >= 11 is 3.29. The van der Waals surface area contributed by atoms with E-state index in [4.69, 9.17) is 0 Å². The maximum atomic E-state index is 12.5. The fourth-order valence-electron chi connectivity index (χ4n) is 3.14. The third-order valence-corrected chi connectivity index (χ3v) is 4.97. The molecule has 0 bridgehead atoms. The Labute approximate surface area is 143 Å². The van der Waals surface area contributed by atoms with E-state index in [-0.39, 0.29) is 11.7 Å². The van der Waals surface area contributed by atoms with Crippen LogP contribution >= 0.6 is 15.9 Å². The number of nitrogens with one attached hydrogen (secondary N) is 1. The van der Waals surface area contributed by atoms with Gasteiger partial charge in [0.25, 0.3) is 5.91 Å². The van der Waals surface area contributed by atoms with Gasteiger partial charge in [0.1, 0.15) is 5.69 Å². The number of nitrogens with zero attached hydrogens (tertiary/aromatic N) is 2. The van der Waals surface area contributed by atoms with Gasteiger partial charge in [0.15, 0.2) is 5.75 Å². The molecule has 0 atom stereocenters. The minimum absolute atomic E-state index is 0.0298. The van der Waals surface area contributed by atoms with E-state index in [1.54, 1.807) is 23.9 Å². The SMILES string of the molecule is Cc1cc(Br)c(O)c(NC(=O)c2cc(C3CCCC3)nn2C)c1. The molecule has 0 spiro atoms. The Morgan fingerprint density at radius 1 is 1.35 bits per heavy atom. The molecule has 0 saturated heterocycles. The van der Waals surface area contributed by atoms with Crippen molar-refractivity contribution in [2.75, 3.05) is 5.32 Å². The monoisotopic (exact) mass is 377 g/mol. The third-order valence-electron chi connectivity index (χ3n) is 4.36. The van der Waals surface area contributed by atoms with Crippen molar-refractivity contribution >= 4 is 27.5 Å². The Hall–Kier alpha value is -1.82. The lowest BCUT2D eigenvalue weighted by Gasteiger charge is -2.09. The van der Waals surface area contributed by atoms with E-state index in [1.807, 2.05) is 13.0 Å². The quantitative estimate of drug-likeness (QED) is 0.790. The number of rotatable bonds is 3. The van der Waals surface area contributed by atoms with Crippen molar-refractivity contribution in [2.24, 2.45) is 7.05 Å². The first-order valence-corrected chi connectivity index (χ1v) is 8.59. The number of anilines is 1. The molecule has 2 aromatic rings. The molecule has 1 aromatic carbocycles. The van der Waals surface area contributed by atoms with Crippen LogP contribution in [0.15, 0.2) is 22.7 Å². The molecular weight excluding hydrogens is 358 g/mol. The fraction of sp³-hybridized carbons (Fsp3) is 0.412. The van der Waals surface area contributed by atoms with Crippen molar-refractivity contribution in [1.82, 2.24) is 9.78 Å². The smallest absolute Gasteiger partial charge is 0.274 e. The molecule has 1 aliphatic rings. The second kappa shape index (κ2) is 6.35. The van der Waals surface area contributed by atoms with Gasteiger partial charge in [-0.2, -0.15) is 5.10 Å². The lowest BCUT2D eigenvalue weighted by Crippen LogP contribution is -2.16. The van der Waals surface area contributed by atoms with Crippen LogP contribution in [-0.2, 0) is 7.05 Å². The highest BCUT2D eigenvalue weighted by atomic mass is 79.9. The molecule has 1 saturated carbocycles. The van der Waals surface area contributed by atoms with E-state index >= 15 is 0 Å². The van der Waals surface area contributed by atoms with Crippen LogP contribution in [0.3, 0.4) is 0 Å². The predicted molar refractivity (Wildman–Crippen MR) is 92.9 cm³/mol. The van der Waals surface area contributed by atoms with Crippen molar-refractivity contribution in [2.45, 2.75) is 38.5 Å². The summed E-state index contributed by atoms with van der Waals surface area (Å²) in [6.07, 6.45) is 4.75. The first kappa shape index (κ1) is 16.1. The van der Waals surface area contributed by atoms with Crippen molar-refractivity contribution in [3.8, 4) is 5.75 Å². The summed E-state index contributed by atoms with van der Waals surface area (Å²) < 4.78 is 2.18. The zero-order chi connectivity index (χ0) is 16.6. The maximum Gasteiger partial charge on any atom is 0.274 e. The van der Waals surface area contributed by atoms with Crippen molar-refractivity contribution in [1.29, 1.82) is 0 Å². The Morgan fingerprint density at radius 3 is 2.74 bits per heavy atom. The third kappa shape index (κ3) is 3.27. The molecule has 1 aromatic heterocycles. The Morgan fingerprint density at radius 2 is 2.04 bits per heavy atom. The first-order valence-electron chi connectivity index (χ1n) is 7.80. The van der Waals surface area contributed by atoms with E-state index in [2.05, 4.69) is 26.3 Å². The van der Waals surface area contributed by atoms with Gasteiger partial charge in [-0.05, 0) is 59.5 Å². The summed E-state index contributed by atoms with van der Waals surface area (Å²) in [5.41, 5.74) is 2.83. The highest BCUT2D eigenvalue weighted by molar-refractivity contribution is 9.10. The standard InChI is InChI=1S/C17H20BrN3O2/c1-10-7-12(18)16(22)14(8-10)19-17(23)15-9-13(20-21(15)2)11-5-3-4-6-11/h7-9,11,22H,3-6H2,1-2H3,(H,19,23). The number of carbonyl (C=O) groups is 1. The summed E-state index contributed by atoms with van der Waals surface area (Å²) in [5, 5.41) is 17.4. The highest BCUT2D eigenvalue weighted by Gasteiger charge is 2.23. The Bertz CT molecular complexity index is 749. The average molecular weight is 378 g/mol. The van der Waals surface area contributed by atoms with Crippen LogP contribution in [0.4, 0.5) is 5.69 Å². The predicted octanol–water partition coefficient (Wildman–Crippen LogP) is 4.11. The van der Waals surface area contributed by atoms with Crippen LogP contribution in [0.25, 0.3) is 0 Å². The molecule has 5 nitrogen and oxygen atoms in total. The maximum absolute atomic E-state index is 12.5. The molecule has 0 unspecified atom stereocenters. The van der Waals surface area contributed by atoms with Gasteiger partial charge in [0.2, 0.25) is 0 Å². The minimum atomic E-state index is -0.267. The number of hydrogen-bond acceptors (Lipinski definition) is 3. The summed E-state index contributed by atoms with van der Waals surface area (Å²) in [5.74, 6) is 0.225.